The molecule has 13 N–H and O–H groups in total. The summed E-state index contributed by atoms with van der Waals surface area (Å²) < 4.78 is 0. The fraction of sp³-hybridized carbons (Fsp3) is 0.703. The van der Waals surface area contributed by atoms with Gasteiger partial charge in [0.1, 0.15) is 12.1 Å². The maximum Gasteiger partial charge on any atom is 0.315 e. The molecule has 0 aromatic carbocycles. The maximum absolute atomic E-state index is 14.0. The summed E-state index contributed by atoms with van der Waals surface area (Å²) in [6.45, 7) is 8.11. The Hall–Kier alpha value is -7.57. The minimum Gasteiger partial charge on any atom is -0.481 e. The van der Waals surface area contributed by atoms with Crippen molar-refractivity contribution in [2.24, 2.45) is 5.92 Å². The van der Waals surface area contributed by atoms with E-state index < -0.39 is 24.0 Å². The van der Waals surface area contributed by atoms with Crippen LogP contribution in [0.4, 0.5) is 22.6 Å². The first-order chi connectivity index (χ1) is 46.2. The second kappa shape index (κ2) is 35.4. The van der Waals surface area contributed by atoms with Gasteiger partial charge in [0.2, 0.25) is 53.3 Å². The third-order valence-corrected chi connectivity index (χ3v) is 22.3. The summed E-state index contributed by atoms with van der Waals surface area (Å²) in [4.78, 5) is 139. The van der Waals surface area contributed by atoms with Crippen molar-refractivity contribution < 1.29 is 43.5 Å². The first-order valence-electron chi connectivity index (χ1n) is 34.6. The van der Waals surface area contributed by atoms with Gasteiger partial charge in [0.25, 0.3) is 0 Å². The third kappa shape index (κ3) is 21.2. The quantitative estimate of drug-likeness (QED) is 0.0294. The van der Waals surface area contributed by atoms with Crippen molar-refractivity contribution in [1.29, 1.82) is 0 Å². The van der Waals surface area contributed by atoms with Crippen molar-refractivity contribution in [1.82, 2.24) is 88.1 Å². The number of fused-ring (bicyclic) bond motifs is 2. The van der Waals surface area contributed by atoms with E-state index in [1.807, 2.05) is 28.4 Å². The van der Waals surface area contributed by atoms with E-state index in [0.717, 1.165) is 81.5 Å². The number of hydrogen-bond donors (Lipinski definition) is 13. The molecule has 8 unspecified atom stereocenters. The van der Waals surface area contributed by atoms with E-state index in [2.05, 4.69) is 89.5 Å². The molecule has 3 aromatic heterocycles. The van der Waals surface area contributed by atoms with Crippen molar-refractivity contribution in [3.05, 3.63) is 48.8 Å². The Morgan fingerprint density at radius 2 is 0.958 bits per heavy atom. The molecule has 7 fully saturated rings. The molecule has 95 heavy (non-hydrogen) atoms. The molecule has 3 aromatic rings. The van der Waals surface area contributed by atoms with Crippen LogP contribution in [0, 0.1) is 5.92 Å². The number of nitrogens with zero attached hydrogens (tertiary/aromatic N) is 8. The lowest BCUT2D eigenvalue weighted by molar-refractivity contribution is -0.142. The van der Waals surface area contributed by atoms with Crippen LogP contribution in [0.15, 0.2) is 37.4 Å². The van der Waals surface area contributed by atoms with Crippen LogP contribution in [-0.4, -0.2) is 210 Å². The van der Waals surface area contributed by atoms with Gasteiger partial charge in [-0.1, -0.05) is 32.3 Å². The number of rotatable bonds is 36. The van der Waals surface area contributed by atoms with E-state index in [4.69, 9.17) is 15.0 Å². The lowest BCUT2D eigenvalue weighted by Gasteiger charge is -2.36. The number of carboxylic acids is 1. The average Bonchev–Trinajstić information content (AvgIpc) is 1.45. The minimum absolute atomic E-state index is 0.0155. The second-order valence-electron chi connectivity index (χ2n) is 26.4. The molecule has 8 amide bonds. The standard InChI is InChI=1S/C64H98N20O9S2/c1-40-71-48-36-94-50(56(48)72-40)12-6-8-14-52(85)67-24-10-2-4-16-54(87)75-46(32-44-34-65-38-69-44)58(89)73-42-20-28-83(29-21-42)62-79-61(82-26-18-41(19-27-82)60(91)92)80-63(81-62)84-30-22-43(23-31-84)74-59(90)47(33-45-35-66-39-70-45)76-55(88)17-5-3-11-25-68-53(86)15-9-7-13-51-57-49(37-95-51)77-64(93)78-57/h34-35,38-39,41-43,46-51,56-57,71-72H,1-33,36-37H2,(H,65,69)(H,66,70)(H,67,85)(H,68,86)(H,73,89)(H,74,90)(H,75,87)(H,76,88)(H,91,92)(H2,77,78,93). The van der Waals surface area contributed by atoms with Gasteiger partial charge in [-0.3, -0.25) is 33.6 Å². The van der Waals surface area contributed by atoms with Crippen molar-refractivity contribution in [3.63, 3.8) is 0 Å². The highest BCUT2D eigenvalue weighted by molar-refractivity contribution is 8.00. The number of piperidine rings is 3. The molecule has 0 spiro atoms. The van der Waals surface area contributed by atoms with Gasteiger partial charge in [-0.15, -0.1) is 0 Å². The van der Waals surface area contributed by atoms with Crippen molar-refractivity contribution in [2.75, 3.05) is 78.6 Å². The summed E-state index contributed by atoms with van der Waals surface area (Å²) in [6.07, 6.45) is 21.3. The first-order valence-corrected chi connectivity index (χ1v) is 36.7. The van der Waals surface area contributed by atoms with E-state index in [1.54, 1.807) is 18.7 Å². The highest BCUT2D eigenvalue weighted by Gasteiger charge is 2.43. The van der Waals surface area contributed by atoms with Crippen LogP contribution in [0.5, 0.6) is 0 Å². The number of unbranched alkanes of at least 4 members (excludes halogenated alkanes) is 6. The Kier molecular flexibility index (Phi) is 26.2. The van der Waals surface area contributed by atoms with E-state index >= 15 is 0 Å². The normalized spacial score (nSPS) is 22.7. The molecule has 520 valence electrons. The summed E-state index contributed by atoms with van der Waals surface area (Å²) in [6, 6.07) is -0.924. The lowest BCUT2D eigenvalue weighted by atomic mass is 9.97. The molecule has 7 aliphatic heterocycles. The summed E-state index contributed by atoms with van der Waals surface area (Å²) in [5.74, 6) is 2.08. The van der Waals surface area contributed by atoms with Gasteiger partial charge in [-0.25, -0.2) is 14.8 Å². The van der Waals surface area contributed by atoms with Gasteiger partial charge in [-0.2, -0.15) is 38.5 Å². The predicted octanol–water partition coefficient (Wildman–Crippen LogP) is 2.40. The zero-order valence-corrected chi connectivity index (χ0v) is 56.1. The molecule has 0 aliphatic carbocycles. The number of amides is 8. The first kappa shape index (κ1) is 70.2. The highest BCUT2D eigenvalue weighted by Crippen LogP contribution is 2.35. The average molecular weight is 1360 g/mol. The number of aromatic nitrogens is 7. The Morgan fingerprint density at radius 1 is 0.537 bits per heavy atom. The molecule has 0 bridgehead atoms. The van der Waals surface area contributed by atoms with Crippen LogP contribution in [-0.2, 0) is 46.4 Å². The van der Waals surface area contributed by atoms with E-state index in [0.29, 0.717) is 168 Å². The zero-order valence-electron chi connectivity index (χ0n) is 54.5. The van der Waals surface area contributed by atoms with E-state index in [9.17, 15) is 43.5 Å². The van der Waals surface area contributed by atoms with Gasteiger partial charge >= 0.3 is 12.0 Å². The van der Waals surface area contributed by atoms with Crippen LogP contribution in [0.3, 0.4) is 0 Å². The monoisotopic (exact) mass is 1350 g/mol. The summed E-state index contributed by atoms with van der Waals surface area (Å²) in [7, 11) is 0. The molecule has 31 heteroatoms. The molecule has 29 nitrogen and oxygen atoms in total. The van der Waals surface area contributed by atoms with Crippen molar-refractivity contribution >= 4 is 88.8 Å². The number of aliphatic carboxylic acids is 1. The number of carbonyl (C=O) groups excluding carboxylic acids is 7. The van der Waals surface area contributed by atoms with Crippen LogP contribution in [0.1, 0.15) is 153 Å². The zero-order chi connectivity index (χ0) is 66.5. The molecule has 0 saturated carbocycles. The van der Waals surface area contributed by atoms with Crippen LogP contribution >= 0.6 is 23.5 Å². The van der Waals surface area contributed by atoms with Gasteiger partial charge < -0.3 is 82.9 Å². The number of aromatic amines is 2. The lowest BCUT2D eigenvalue weighted by Crippen LogP contribution is -2.53. The second-order valence-corrected chi connectivity index (χ2v) is 28.9. The topological polar surface area (TPSA) is 383 Å². The van der Waals surface area contributed by atoms with Gasteiger partial charge in [0.15, 0.2) is 0 Å². The number of thioether (sulfide) groups is 2. The number of H-pyrrole nitrogens is 2. The number of carboxylic acid groups (broad SMARTS) is 1. The number of hydrogen-bond acceptors (Lipinski definition) is 20. The minimum atomic E-state index is -0.840. The molecule has 8 atom stereocenters. The fourth-order valence-electron chi connectivity index (χ4n) is 13.8. The van der Waals surface area contributed by atoms with Gasteiger partial charge in [0.05, 0.1) is 48.6 Å². The highest BCUT2D eigenvalue weighted by atomic mass is 32.2. The molecule has 7 saturated heterocycles. The third-order valence-electron chi connectivity index (χ3n) is 19.3. The largest absolute Gasteiger partial charge is 0.481 e. The van der Waals surface area contributed by atoms with Gasteiger partial charge in [-0.05, 0) is 89.9 Å². The molecule has 10 rings (SSSR count). The number of anilines is 3. The molecule has 10 heterocycles. The van der Waals surface area contributed by atoms with Gasteiger partial charge in [0, 0.05) is 149 Å². The maximum atomic E-state index is 14.0. The Labute approximate surface area is 564 Å². The number of nitrogens with one attached hydrogen (secondary N) is 12. The molecular weight excluding hydrogens is 1260 g/mol. The molecule has 7 aliphatic rings. The Balaban J connectivity index is 0.645. The van der Waals surface area contributed by atoms with Crippen LogP contribution in [0.2, 0.25) is 0 Å². The number of carbonyl (C=O) groups is 8. The van der Waals surface area contributed by atoms with E-state index in [1.165, 1.54) is 6.33 Å². The van der Waals surface area contributed by atoms with E-state index in [-0.39, 0.29) is 91.3 Å². The summed E-state index contributed by atoms with van der Waals surface area (Å²) in [5.41, 5.74) is 1.42. The molecule has 0 radical (unpaired) electrons. The number of urea groups is 1. The summed E-state index contributed by atoms with van der Waals surface area (Å²) >= 11 is 3.86. The predicted molar refractivity (Wildman–Crippen MR) is 362 cm³/mol. The Bertz CT molecular complexity index is 2850. The summed E-state index contributed by atoms with van der Waals surface area (Å²) in [5, 5.41) is 41.9. The number of imidazole rings is 2. The fourth-order valence-corrected chi connectivity index (χ4v) is 16.9. The van der Waals surface area contributed by atoms with Crippen molar-refractivity contribution in [3.8, 4) is 0 Å². The molecular formula is C64H98N20O9S2. The SMILES string of the molecule is C=C1NC2CSC(CCCCC(=O)NCCCCCC(=O)NC(Cc3cnc[nH]3)C(=O)NC3CCN(c4nc(N5CCC(NC(=O)C(Cc6cnc[nH]6)NC(=O)CCCCCNC(=O)CCCCC6SCC7NC(=O)NC76)CC5)nc(N5CCC(C(=O)O)CC5)n4)CC3)C2N1. The smallest absolute Gasteiger partial charge is 0.315 e. The van der Waals surface area contributed by atoms with Crippen LogP contribution in [0.25, 0.3) is 0 Å². The Morgan fingerprint density at radius 3 is 1.40 bits per heavy atom. The van der Waals surface area contributed by atoms with Crippen molar-refractivity contribution in [2.45, 2.75) is 213 Å². The van der Waals surface area contributed by atoms with Crippen LogP contribution < -0.4 is 67.9 Å².